The lowest BCUT2D eigenvalue weighted by Gasteiger charge is -2.13. The zero-order valence-corrected chi connectivity index (χ0v) is 18.9. The Hall–Kier alpha value is -3.80. The highest BCUT2D eigenvalue weighted by atomic mass is 32.1. The minimum absolute atomic E-state index is 0.116. The van der Waals surface area contributed by atoms with Gasteiger partial charge in [0.15, 0.2) is 0 Å². The van der Waals surface area contributed by atoms with Crippen LogP contribution in [0.4, 0.5) is 11.4 Å². The summed E-state index contributed by atoms with van der Waals surface area (Å²) in [6, 6.07) is 22.4. The van der Waals surface area contributed by atoms with E-state index in [4.69, 9.17) is 0 Å². The van der Waals surface area contributed by atoms with E-state index in [1.54, 1.807) is 11.3 Å². The van der Waals surface area contributed by atoms with Gasteiger partial charge >= 0.3 is 0 Å². The normalized spacial score (nSPS) is 10.4. The van der Waals surface area contributed by atoms with Crippen LogP contribution < -0.4 is 9.80 Å². The molecule has 0 N–H and O–H groups in total. The average Bonchev–Trinajstić information content (AvgIpc) is 3.24. The van der Waals surface area contributed by atoms with E-state index in [0.717, 1.165) is 32.9 Å². The maximum Gasteiger partial charge on any atom is 0.138 e. The Labute approximate surface area is 188 Å². The van der Waals surface area contributed by atoms with E-state index in [1.165, 1.54) is 0 Å². The summed E-state index contributed by atoms with van der Waals surface area (Å²) < 4.78 is 0. The molecular formula is C26H24N4S. The zero-order chi connectivity index (χ0) is 22.4. The van der Waals surface area contributed by atoms with Crippen LogP contribution in [0.1, 0.15) is 21.6 Å². The molecule has 0 unspecified atom stereocenters. The van der Waals surface area contributed by atoms with Crippen molar-refractivity contribution in [3.8, 4) is 12.1 Å². The van der Waals surface area contributed by atoms with E-state index < -0.39 is 0 Å². The van der Waals surface area contributed by atoms with Gasteiger partial charge in [-0.15, -0.1) is 11.3 Å². The third-order valence-electron chi connectivity index (χ3n) is 4.90. The maximum atomic E-state index is 9.53. The van der Waals surface area contributed by atoms with Gasteiger partial charge < -0.3 is 9.80 Å². The second-order valence-corrected chi connectivity index (χ2v) is 8.41. The molecule has 154 valence electrons. The molecule has 3 aromatic rings. The van der Waals surface area contributed by atoms with Crippen LogP contribution in [0.3, 0.4) is 0 Å². The molecule has 0 atom stereocenters. The first-order chi connectivity index (χ1) is 14.9. The third-order valence-corrected chi connectivity index (χ3v) is 5.80. The van der Waals surface area contributed by atoms with E-state index in [2.05, 4.69) is 53.5 Å². The van der Waals surface area contributed by atoms with E-state index in [-0.39, 0.29) is 5.57 Å². The standard InChI is InChI=1S/C26H24N4S/c1-29(2)23-10-5-19(6-11-23)7-14-25-15-21(18-31-25)26(22(16-27)17-28)20-8-12-24(13-9-20)30(3)4/h5-15,18H,1-4H3/b14-7+. The van der Waals surface area contributed by atoms with Crippen molar-refractivity contribution >= 4 is 40.4 Å². The van der Waals surface area contributed by atoms with Gasteiger partial charge in [-0.25, -0.2) is 0 Å². The Morgan fingerprint density at radius 3 is 1.84 bits per heavy atom. The van der Waals surface area contributed by atoms with Crippen molar-refractivity contribution in [3.05, 3.63) is 87.1 Å². The second kappa shape index (κ2) is 9.80. The number of hydrogen-bond acceptors (Lipinski definition) is 5. The first kappa shape index (κ1) is 21.9. The van der Waals surface area contributed by atoms with E-state index >= 15 is 0 Å². The molecule has 0 fully saturated rings. The number of allylic oxidation sites excluding steroid dienone is 1. The molecule has 31 heavy (non-hydrogen) atoms. The Balaban J connectivity index is 1.92. The minimum atomic E-state index is 0.116. The lowest BCUT2D eigenvalue weighted by atomic mass is 9.95. The molecule has 2 aromatic carbocycles. The molecule has 5 heteroatoms. The summed E-state index contributed by atoms with van der Waals surface area (Å²) in [6.07, 6.45) is 4.13. The van der Waals surface area contributed by atoms with Crippen LogP contribution in [-0.2, 0) is 0 Å². The molecule has 1 aromatic heterocycles. The van der Waals surface area contributed by atoms with Crippen molar-refractivity contribution in [2.24, 2.45) is 0 Å². The molecule has 0 spiro atoms. The quantitative estimate of drug-likeness (QED) is 0.462. The maximum absolute atomic E-state index is 9.53. The van der Waals surface area contributed by atoms with Crippen LogP contribution >= 0.6 is 11.3 Å². The summed E-state index contributed by atoms with van der Waals surface area (Å²) in [7, 11) is 8.00. The fourth-order valence-electron chi connectivity index (χ4n) is 3.15. The van der Waals surface area contributed by atoms with Gasteiger partial charge in [0.05, 0.1) is 0 Å². The van der Waals surface area contributed by atoms with E-state index in [1.807, 2.05) is 68.8 Å². The number of benzene rings is 2. The zero-order valence-electron chi connectivity index (χ0n) is 18.1. The van der Waals surface area contributed by atoms with Crippen molar-refractivity contribution in [3.63, 3.8) is 0 Å². The predicted octanol–water partition coefficient (Wildman–Crippen LogP) is 5.90. The van der Waals surface area contributed by atoms with Crippen molar-refractivity contribution < 1.29 is 0 Å². The van der Waals surface area contributed by atoms with E-state index in [0.29, 0.717) is 5.57 Å². The van der Waals surface area contributed by atoms with Crippen molar-refractivity contribution in [1.29, 1.82) is 10.5 Å². The smallest absolute Gasteiger partial charge is 0.138 e. The fourth-order valence-corrected chi connectivity index (χ4v) is 3.94. The van der Waals surface area contributed by atoms with Crippen molar-refractivity contribution in [2.45, 2.75) is 0 Å². The molecule has 0 bridgehead atoms. The highest BCUT2D eigenvalue weighted by molar-refractivity contribution is 7.11. The highest BCUT2D eigenvalue weighted by Crippen LogP contribution is 2.32. The fraction of sp³-hybridized carbons (Fsp3) is 0.154. The van der Waals surface area contributed by atoms with Gasteiger partial charge in [0.2, 0.25) is 0 Å². The number of hydrogen-bond donors (Lipinski definition) is 0. The molecular weight excluding hydrogens is 400 g/mol. The summed E-state index contributed by atoms with van der Waals surface area (Å²) in [5.74, 6) is 0. The molecule has 0 saturated heterocycles. The van der Waals surface area contributed by atoms with Crippen molar-refractivity contribution in [2.75, 3.05) is 38.0 Å². The van der Waals surface area contributed by atoms with Crippen LogP contribution in [0.5, 0.6) is 0 Å². The summed E-state index contributed by atoms with van der Waals surface area (Å²) >= 11 is 1.59. The van der Waals surface area contributed by atoms with Crippen molar-refractivity contribution in [1.82, 2.24) is 0 Å². The average molecular weight is 425 g/mol. The number of rotatable bonds is 6. The Kier molecular flexibility index (Phi) is 6.92. The molecule has 0 aliphatic carbocycles. The summed E-state index contributed by atoms with van der Waals surface area (Å²) in [5.41, 5.74) is 5.86. The van der Waals surface area contributed by atoms with Crippen LogP contribution in [0.15, 0.2) is 65.6 Å². The largest absolute Gasteiger partial charge is 0.378 e. The second-order valence-electron chi connectivity index (χ2n) is 7.47. The van der Waals surface area contributed by atoms with Gasteiger partial charge in [-0.2, -0.15) is 10.5 Å². The first-order valence-corrected chi connectivity index (χ1v) is 10.7. The molecule has 1 heterocycles. The lowest BCUT2D eigenvalue weighted by Crippen LogP contribution is -2.08. The number of nitrogens with zero attached hydrogens (tertiary/aromatic N) is 4. The van der Waals surface area contributed by atoms with Crippen LogP contribution in [0.2, 0.25) is 0 Å². The topological polar surface area (TPSA) is 54.1 Å². The molecule has 4 nitrogen and oxygen atoms in total. The molecule has 0 saturated carbocycles. The van der Waals surface area contributed by atoms with Gasteiger partial charge in [0.1, 0.15) is 17.7 Å². The summed E-state index contributed by atoms with van der Waals surface area (Å²) in [5, 5.41) is 21.1. The number of nitriles is 2. The Bertz CT molecular complexity index is 1170. The molecule has 0 radical (unpaired) electrons. The molecule has 0 aliphatic heterocycles. The minimum Gasteiger partial charge on any atom is -0.378 e. The van der Waals surface area contributed by atoms with Crippen LogP contribution in [-0.4, -0.2) is 28.2 Å². The number of thiophene rings is 1. The molecule has 3 rings (SSSR count). The lowest BCUT2D eigenvalue weighted by molar-refractivity contribution is 1.13. The predicted molar refractivity (Wildman–Crippen MR) is 132 cm³/mol. The summed E-state index contributed by atoms with van der Waals surface area (Å²) in [6.45, 7) is 0. The summed E-state index contributed by atoms with van der Waals surface area (Å²) in [4.78, 5) is 5.14. The van der Waals surface area contributed by atoms with Gasteiger partial charge in [0.25, 0.3) is 0 Å². The SMILES string of the molecule is CN(C)c1ccc(/C=C/c2cc(C(=C(C#N)C#N)c3ccc(N(C)C)cc3)cs2)cc1. The monoisotopic (exact) mass is 424 g/mol. The number of anilines is 2. The van der Waals surface area contributed by atoms with E-state index in [9.17, 15) is 10.5 Å². The first-order valence-electron chi connectivity index (χ1n) is 9.79. The van der Waals surface area contributed by atoms with Gasteiger partial charge in [-0.05, 0) is 58.5 Å². The van der Waals surface area contributed by atoms with Gasteiger partial charge in [-0.3, -0.25) is 0 Å². The Morgan fingerprint density at radius 2 is 1.32 bits per heavy atom. The van der Waals surface area contributed by atoms with Crippen LogP contribution in [0, 0.1) is 22.7 Å². The van der Waals surface area contributed by atoms with Gasteiger partial charge in [0, 0.05) is 50.0 Å². The Morgan fingerprint density at radius 1 is 0.774 bits per heavy atom. The third kappa shape index (κ3) is 5.22. The highest BCUT2D eigenvalue weighted by Gasteiger charge is 2.14. The molecule has 0 amide bonds. The van der Waals surface area contributed by atoms with Crippen LogP contribution in [0.25, 0.3) is 17.7 Å². The van der Waals surface area contributed by atoms with Gasteiger partial charge in [-0.1, -0.05) is 30.3 Å². The molecule has 0 aliphatic rings.